The highest BCUT2D eigenvalue weighted by molar-refractivity contribution is 7.99. The molecule has 0 amide bonds. The van der Waals surface area contributed by atoms with E-state index in [1.54, 1.807) is 7.11 Å². The number of benzene rings is 1. The molecule has 0 saturated carbocycles. The molecule has 1 aromatic carbocycles. The second-order valence-corrected chi connectivity index (χ2v) is 3.32. The average molecular weight is 168 g/mol. The smallest absolute Gasteiger partial charge is 0.0556 e. The second-order valence-electron chi connectivity index (χ2n) is 2.15. The lowest BCUT2D eigenvalue weighted by molar-refractivity contribution is 0.218. The first-order chi connectivity index (χ1) is 5.43. The maximum atomic E-state index is 4.94. The predicted molar refractivity (Wildman–Crippen MR) is 49.0 cm³/mol. The van der Waals surface area contributed by atoms with Gasteiger partial charge >= 0.3 is 0 Å². The molecule has 1 rings (SSSR count). The van der Waals surface area contributed by atoms with Gasteiger partial charge in [-0.2, -0.15) is 0 Å². The van der Waals surface area contributed by atoms with Crippen molar-refractivity contribution in [2.24, 2.45) is 0 Å². The van der Waals surface area contributed by atoms with Crippen LogP contribution in [0.15, 0.2) is 35.2 Å². The van der Waals surface area contributed by atoms with Crippen LogP contribution in [0.25, 0.3) is 0 Å². The molecule has 0 aliphatic heterocycles. The number of hydrogen-bond donors (Lipinski definition) is 0. The highest BCUT2D eigenvalue weighted by Crippen LogP contribution is 2.15. The molecular formula is C9H12OS. The van der Waals surface area contributed by atoms with Gasteiger partial charge in [0.05, 0.1) is 6.61 Å². The minimum atomic E-state index is 0.819. The Morgan fingerprint density at radius 3 is 2.64 bits per heavy atom. The van der Waals surface area contributed by atoms with E-state index in [-0.39, 0.29) is 0 Å². The van der Waals surface area contributed by atoms with Gasteiger partial charge < -0.3 is 4.74 Å². The van der Waals surface area contributed by atoms with E-state index in [1.807, 2.05) is 17.8 Å². The van der Waals surface area contributed by atoms with Crippen LogP contribution in [0.4, 0.5) is 0 Å². The van der Waals surface area contributed by atoms with Crippen molar-refractivity contribution in [1.29, 1.82) is 0 Å². The molecule has 60 valence electrons. The third-order valence-corrected chi connectivity index (χ3v) is 2.28. The molecule has 0 aromatic heterocycles. The summed E-state index contributed by atoms with van der Waals surface area (Å²) in [5.41, 5.74) is 0. The van der Waals surface area contributed by atoms with E-state index >= 15 is 0 Å². The summed E-state index contributed by atoms with van der Waals surface area (Å²) >= 11 is 1.82. The number of hydrogen-bond acceptors (Lipinski definition) is 2. The summed E-state index contributed by atoms with van der Waals surface area (Å²) in [4.78, 5) is 1.31. The highest BCUT2D eigenvalue weighted by Gasteiger charge is 1.89. The van der Waals surface area contributed by atoms with Crippen LogP contribution >= 0.6 is 11.8 Å². The van der Waals surface area contributed by atoms with E-state index in [1.165, 1.54) is 4.90 Å². The van der Waals surface area contributed by atoms with Gasteiger partial charge in [0.1, 0.15) is 0 Å². The van der Waals surface area contributed by atoms with Crippen molar-refractivity contribution in [2.75, 3.05) is 19.5 Å². The molecule has 0 aliphatic rings. The van der Waals surface area contributed by atoms with Gasteiger partial charge in [-0.3, -0.25) is 0 Å². The van der Waals surface area contributed by atoms with E-state index in [0.717, 1.165) is 12.4 Å². The van der Waals surface area contributed by atoms with Crippen molar-refractivity contribution in [1.82, 2.24) is 0 Å². The highest BCUT2D eigenvalue weighted by atomic mass is 32.2. The van der Waals surface area contributed by atoms with Crippen LogP contribution < -0.4 is 0 Å². The summed E-state index contributed by atoms with van der Waals surface area (Å²) in [6, 6.07) is 10.4. The van der Waals surface area contributed by atoms with Crippen LogP contribution in [0, 0.1) is 0 Å². The first kappa shape index (κ1) is 8.62. The maximum Gasteiger partial charge on any atom is 0.0556 e. The predicted octanol–water partition coefficient (Wildman–Crippen LogP) is 2.43. The summed E-state index contributed by atoms with van der Waals surface area (Å²) in [6.45, 7) is 0.819. The van der Waals surface area contributed by atoms with Crippen LogP contribution in [0.1, 0.15) is 0 Å². The molecule has 0 unspecified atom stereocenters. The normalized spacial score (nSPS) is 9.91. The lowest BCUT2D eigenvalue weighted by atomic mass is 10.4. The van der Waals surface area contributed by atoms with Crippen molar-refractivity contribution < 1.29 is 4.74 Å². The zero-order valence-corrected chi connectivity index (χ0v) is 7.43. The molecule has 0 heterocycles. The number of ether oxygens (including phenoxy) is 1. The Hall–Kier alpha value is -0.470. The minimum Gasteiger partial charge on any atom is -0.384 e. The van der Waals surface area contributed by atoms with Crippen LogP contribution in [-0.4, -0.2) is 19.5 Å². The Kier molecular flexibility index (Phi) is 4.09. The van der Waals surface area contributed by atoms with Gasteiger partial charge in [-0.05, 0) is 12.1 Å². The Balaban J connectivity index is 2.28. The van der Waals surface area contributed by atoms with Crippen LogP contribution in [0.3, 0.4) is 0 Å². The molecule has 11 heavy (non-hydrogen) atoms. The van der Waals surface area contributed by atoms with Crippen LogP contribution in [0.2, 0.25) is 0 Å². The van der Waals surface area contributed by atoms with Gasteiger partial charge in [0.15, 0.2) is 0 Å². The Bertz CT molecular complexity index is 186. The summed E-state index contributed by atoms with van der Waals surface area (Å²) in [5, 5.41) is 0. The van der Waals surface area contributed by atoms with E-state index in [4.69, 9.17) is 4.74 Å². The molecule has 1 nitrogen and oxygen atoms in total. The van der Waals surface area contributed by atoms with Gasteiger partial charge in [-0.25, -0.2) is 0 Å². The maximum absolute atomic E-state index is 4.94. The molecule has 2 heteroatoms. The van der Waals surface area contributed by atoms with E-state index < -0.39 is 0 Å². The fourth-order valence-corrected chi connectivity index (χ4v) is 1.59. The fourth-order valence-electron chi connectivity index (χ4n) is 0.760. The van der Waals surface area contributed by atoms with Crippen LogP contribution in [-0.2, 0) is 4.74 Å². The Morgan fingerprint density at radius 1 is 1.27 bits per heavy atom. The molecule has 0 N–H and O–H groups in total. The first-order valence-corrected chi connectivity index (χ1v) is 4.59. The van der Waals surface area contributed by atoms with Crippen LogP contribution in [0.5, 0.6) is 0 Å². The van der Waals surface area contributed by atoms with Gasteiger partial charge in [0.25, 0.3) is 0 Å². The van der Waals surface area contributed by atoms with E-state index in [0.29, 0.717) is 0 Å². The molecule has 0 spiro atoms. The number of thioether (sulfide) groups is 1. The van der Waals surface area contributed by atoms with Gasteiger partial charge in [-0.1, -0.05) is 18.2 Å². The minimum absolute atomic E-state index is 0.819. The van der Waals surface area contributed by atoms with Gasteiger partial charge in [-0.15, -0.1) is 11.8 Å². The average Bonchev–Trinajstić information content (AvgIpc) is 2.07. The third-order valence-electron chi connectivity index (χ3n) is 1.30. The summed E-state index contributed by atoms with van der Waals surface area (Å²) in [7, 11) is 1.73. The summed E-state index contributed by atoms with van der Waals surface area (Å²) < 4.78 is 4.94. The molecule has 0 saturated heterocycles. The molecule has 0 bridgehead atoms. The van der Waals surface area contributed by atoms with Gasteiger partial charge in [0.2, 0.25) is 0 Å². The van der Waals surface area contributed by atoms with Crippen molar-refractivity contribution in [3.05, 3.63) is 30.3 Å². The van der Waals surface area contributed by atoms with Gasteiger partial charge in [0, 0.05) is 17.8 Å². The van der Waals surface area contributed by atoms with Crippen molar-refractivity contribution in [3.8, 4) is 0 Å². The van der Waals surface area contributed by atoms with E-state index in [9.17, 15) is 0 Å². The molecule has 0 atom stereocenters. The van der Waals surface area contributed by atoms with Crippen molar-refractivity contribution in [3.63, 3.8) is 0 Å². The second kappa shape index (κ2) is 5.22. The lowest BCUT2D eigenvalue weighted by Crippen LogP contribution is -1.90. The van der Waals surface area contributed by atoms with E-state index in [2.05, 4.69) is 24.3 Å². The number of methoxy groups -OCH3 is 1. The quantitative estimate of drug-likeness (QED) is 0.504. The SMILES string of the molecule is COCCSc1ccccc1. The third kappa shape index (κ3) is 3.44. The molecule has 0 fully saturated rings. The van der Waals surface area contributed by atoms with Crippen molar-refractivity contribution >= 4 is 11.8 Å². The summed E-state index contributed by atoms with van der Waals surface area (Å²) in [6.07, 6.45) is 0. The largest absolute Gasteiger partial charge is 0.384 e. The topological polar surface area (TPSA) is 9.23 Å². The Labute approximate surface area is 71.8 Å². The molecule has 0 aliphatic carbocycles. The zero-order chi connectivity index (χ0) is 7.94. The number of rotatable bonds is 4. The van der Waals surface area contributed by atoms with Crippen molar-refractivity contribution in [2.45, 2.75) is 4.90 Å². The monoisotopic (exact) mass is 168 g/mol. The zero-order valence-electron chi connectivity index (χ0n) is 6.62. The molecule has 0 radical (unpaired) electrons. The lowest BCUT2D eigenvalue weighted by Gasteiger charge is -1.98. The molecule has 1 aromatic rings. The Morgan fingerprint density at radius 2 is 2.00 bits per heavy atom. The summed E-state index contributed by atoms with van der Waals surface area (Å²) in [5.74, 6) is 1.03. The first-order valence-electron chi connectivity index (χ1n) is 3.60. The standard InChI is InChI=1S/C9H12OS/c1-10-7-8-11-9-5-3-2-4-6-9/h2-6H,7-8H2,1H3. The fraction of sp³-hybridized carbons (Fsp3) is 0.333. The molecular weight excluding hydrogens is 156 g/mol.